The van der Waals surface area contributed by atoms with E-state index in [9.17, 15) is 0 Å². The molecule has 0 spiro atoms. The normalized spacial score (nSPS) is 16.3. The number of nitrogens with zero attached hydrogens (tertiary/aromatic N) is 3. The molecule has 1 heterocycles. The van der Waals surface area contributed by atoms with Crippen LogP contribution in [0.3, 0.4) is 0 Å². The van der Waals surface area contributed by atoms with E-state index in [0.717, 1.165) is 26.3 Å². The van der Waals surface area contributed by atoms with E-state index in [-0.39, 0.29) is 0 Å². The quantitative estimate of drug-likeness (QED) is 0.629. The Morgan fingerprint density at radius 3 is 2.38 bits per heavy atom. The van der Waals surface area contributed by atoms with Crippen LogP contribution in [0.1, 0.15) is 13.8 Å². The molecular weight excluding hydrogens is 162 g/mol. The van der Waals surface area contributed by atoms with Gasteiger partial charge in [-0.25, -0.2) is 0 Å². The fourth-order valence-corrected chi connectivity index (χ4v) is 1.54. The third-order valence-electron chi connectivity index (χ3n) is 2.53. The maximum atomic E-state index is 2.45. The third-order valence-corrected chi connectivity index (χ3v) is 2.53. The molecule has 0 fully saturated rings. The number of likely N-dealkylation sites (N-methyl/N-ethyl adjacent to an activating group) is 1. The highest BCUT2D eigenvalue weighted by atomic mass is 15.3. The van der Waals surface area contributed by atoms with Crippen LogP contribution in [0.25, 0.3) is 0 Å². The molecular formula is C10H21N3. The van der Waals surface area contributed by atoms with Crippen molar-refractivity contribution in [3.8, 4) is 0 Å². The molecule has 0 aromatic carbocycles. The average molecular weight is 183 g/mol. The number of hydrogen-bond acceptors (Lipinski definition) is 3. The monoisotopic (exact) mass is 183 g/mol. The van der Waals surface area contributed by atoms with Crippen molar-refractivity contribution in [2.75, 3.05) is 39.9 Å². The van der Waals surface area contributed by atoms with Crippen molar-refractivity contribution in [3.63, 3.8) is 0 Å². The van der Waals surface area contributed by atoms with Crippen LogP contribution in [0.5, 0.6) is 0 Å². The first-order chi connectivity index (χ1) is 6.26. The second-order valence-corrected chi connectivity index (χ2v) is 3.54. The lowest BCUT2D eigenvalue weighted by Gasteiger charge is -2.23. The summed E-state index contributed by atoms with van der Waals surface area (Å²) >= 11 is 0. The lowest BCUT2D eigenvalue weighted by atomic mass is 10.4. The molecule has 0 atom stereocenters. The summed E-state index contributed by atoms with van der Waals surface area (Å²) in [5.74, 6) is 0. The van der Waals surface area contributed by atoms with E-state index in [0.29, 0.717) is 0 Å². The Balaban J connectivity index is 2.15. The van der Waals surface area contributed by atoms with Crippen molar-refractivity contribution in [1.82, 2.24) is 14.7 Å². The summed E-state index contributed by atoms with van der Waals surface area (Å²) in [5.41, 5.74) is 0. The van der Waals surface area contributed by atoms with Gasteiger partial charge in [0, 0.05) is 32.5 Å². The van der Waals surface area contributed by atoms with Crippen molar-refractivity contribution < 1.29 is 0 Å². The Bertz CT molecular complexity index is 164. The summed E-state index contributed by atoms with van der Waals surface area (Å²) in [6.45, 7) is 10.1. The largest absolute Gasteiger partial charge is 0.362 e. The second-order valence-electron chi connectivity index (χ2n) is 3.54. The minimum absolute atomic E-state index is 1.04. The van der Waals surface area contributed by atoms with Crippen LogP contribution in [0, 0.1) is 0 Å². The molecule has 13 heavy (non-hydrogen) atoms. The van der Waals surface area contributed by atoms with Crippen LogP contribution in [-0.4, -0.2) is 54.6 Å². The Kier molecular flexibility index (Phi) is 4.09. The summed E-state index contributed by atoms with van der Waals surface area (Å²) in [6.07, 6.45) is 4.30. The highest BCUT2D eigenvalue weighted by molar-refractivity contribution is 4.88. The molecule has 0 aromatic heterocycles. The minimum Gasteiger partial charge on any atom is -0.362 e. The summed E-state index contributed by atoms with van der Waals surface area (Å²) in [7, 11) is 2.11. The summed E-state index contributed by atoms with van der Waals surface area (Å²) in [4.78, 5) is 6.99. The Morgan fingerprint density at radius 2 is 1.92 bits per heavy atom. The van der Waals surface area contributed by atoms with E-state index in [1.54, 1.807) is 0 Å². The molecule has 0 saturated heterocycles. The Labute approximate surface area is 81.6 Å². The van der Waals surface area contributed by atoms with Gasteiger partial charge in [-0.05, 0) is 13.1 Å². The van der Waals surface area contributed by atoms with Gasteiger partial charge in [0.2, 0.25) is 0 Å². The zero-order valence-corrected chi connectivity index (χ0v) is 9.03. The van der Waals surface area contributed by atoms with Crippen LogP contribution in [0.15, 0.2) is 12.4 Å². The van der Waals surface area contributed by atoms with Crippen molar-refractivity contribution in [3.05, 3.63) is 12.4 Å². The van der Waals surface area contributed by atoms with Crippen LogP contribution in [0.2, 0.25) is 0 Å². The van der Waals surface area contributed by atoms with Crippen LogP contribution < -0.4 is 0 Å². The Morgan fingerprint density at radius 1 is 1.23 bits per heavy atom. The SMILES string of the molecule is CCN(CC)CCN1C=CN(C)C1. The molecule has 1 aliphatic heterocycles. The van der Waals surface area contributed by atoms with Crippen molar-refractivity contribution in [2.45, 2.75) is 13.8 Å². The highest BCUT2D eigenvalue weighted by Gasteiger charge is 2.08. The first-order valence-electron chi connectivity index (χ1n) is 5.11. The zero-order valence-electron chi connectivity index (χ0n) is 9.03. The standard InChI is InChI=1S/C10H21N3/c1-4-12(5-2)8-9-13-7-6-11(3)10-13/h6-7H,4-5,8-10H2,1-3H3. The molecule has 0 amide bonds. The molecule has 3 heteroatoms. The molecule has 3 nitrogen and oxygen atoms in total. The fraction of sp³-hybridized carbons (Fsp3) is 0.800. The van der Waals surface area contributed by atoms with Gasteiger partial charge in [-0.3, -0.25) is 0 Å². The van der Waals surface area contributed by atoms with Gasteiger partial charge in [-0.15, -0.1) is 0 Å². The third kappa shape index (κ3) is 3.27. The predicted octanol–water partition coefficient (Wildman–Crippen LogP) is 1.00. The molecule has 0 unspecified atom stereocenters. The van der Waals surface area contributed by atoms with E-state index in [1.165, 1.54) is 6.54 Å². The maximum Gasteiger partial charge on any atom is 0.0891 e. The maximum absolute atomic E-state index is 2.45. The molecule has 76 valence electrons. The van der Waals surface area contributed by atoms with Crippen LogP contribution in [0.4, 0.5) is 0 Å². The smallest absolute Gasteiger partial charge is 0.0891 e. The lowest BCUT2D eigenvalue weighted by molar-refractivity contribution is 0.234. The average Bonchev–Trinajstić information content (AvgIpc) is 2.53. The van der Waals surface area contributed by atoms with Crippen molar-refractivity contribution >= 4 is 0 Å². The van der Waals surface area contributed by atoms with E-state index in [2.05, 4.69) is 48.0 Å². The van der Waals surface area contributed by atoms with Gasteiger partial charge in [-0.1, -0.05) is 13.8 Å². The predicted molar refractivity (Wildman–Crippen MR) is 56.3 cm³/mol. The summed E-state index contributed by atoms with van der Waals surface area (Å²) in [5, 5.41) is 0. The molecule has 0 saturated carbocycles. The second kappa shape index (κ2) is 5.12. The van der Waals surface area contributed by atoms with E-state index in [4.69, 9.17) is 0 Å². The van der Waals surface area contributed by atoms with Gasteiger partial charge in [0.25, 0.3) is 0 Å². The van der Waals surface area contributed by atoms with Crippen LogP contribution >= 0.6 is 0 Å². The minimum atomic E-state index is 1.04. The number of hydrogen-bond donors (Lipinski definition) is 0. The lowest BCUT2D eigenvalue weighted by Crippen LogP contribution is -2.33. The van der Waals surface area contributed by atoms with E-state index < -0.39 is 0 Å². The zero-order chi connectivity index (χ0) is 9.68. The van der Waals surface area contributed by atoms with Gasteiger partial charge >= 0.3 is 0 Å². The molecule has 1 rings (SSSR count). The fourth-order valence-electron chi connectivity index (χ4n) is 1.54. The van der Waals surface area contributed by atoms with Gasteiger partial charge in [0.1, 0.15) is 0 Å². The Hall–Kier alpha value is -0.700. The molecule has 1 aliphatic rings. The van der Waals surface area contributed by atoms with Gasteiger partial charge in [0.15, 0.2) is 0 Å². The first-order valence-corrected chi connectivity index (χ1v) is 5.11. The van der Waals surface area contributed by atoms with Gasteiger partial charge in [-0.2, -0.15) is 0 Å². The van der Waals surface area contributed by atoms with E-state index >= 15 is 0 Å². The molecule has 0 aliphatic carbocycles. The summed E-state index contributed by atoms with van der Waals surface area (Å²) in [6, 6.07) is 0. The molecule has 0 radical (unpaired) electrons. The number of rotatable bonds is 5. The topological polar surface area (TPSA) is 9.72 Å². The molecule has 0 bridgehead atoms. The van der Waals surface area contributed by atoms with Gasteiger partial charge < -0.3 is 14.7 Å². The summed E-state index contributed by atoms with van der Waals surface area (Å²) < 4.78 is 0. The highest BCUT2D eigenvalue weighted by Crippen LogP contribution is 2.03. The van der Waals surface area contributed by atoms with E-state index in [1.807, 2.05) is 0 Å². The molecule has 0 N–H and O–H groups in total. The first kappa shape index (κ1) is 10.4. The van der Waals surface area contributed by atoms with Crippen molar-refractivity contribution in [1.29, 1.82) is 0 Å². The van der Waals surface area contributed by atoms with Crippen LogP contribution in [-0.2, 0) is 0 Å². The molecule has 0 aromatic rings. The van der Waals surface area contributed by atoms with Gasteiger partial charge in [0.05, 0.1) is 6.67 Å². The van der Waals surface area contributed by atoms with Crippen molar-refractivity contribution in [2.24, 2.45) is 0 Å².